The van der Waals surface area contributed by atoms with Gasteiger partial charge in [0.25, 0.3) is 5.91 Å². The summed E-state index contributed by atoms with van der Waals surface area (Å²) in [5, 5.41) is 7.09. The summed E-state index contributed by atoms with van der Waals surface area (Å²) in [6.45, 7) is 1.96. The zero-order valence-electron chi connectivity index (χ0n) is 11.4. The lowest BCUT2D eigenvalue weighted by Gasteiger charge is -2.06. The van der Waals surface area contributed by atoms with E-state index in [9.17, 15) is 4.79 Å². The number of nitrogens with one attached hydrogen (secondary N) is 1. The number of aromatic nitrogens is 2. The molecule has 0 bridgehead atoms. The molecule has 2 aromatic rings. The van der Waals surface area contributed by atoms with E-state index >= 15 is 0 Å². The summed E-state index contributed by atoms with van der Waals surface area (Å²) < 4.78 is 1.64. The molecular weight excluding hydrogens is 272 g/mol. The van der Waals surface area contributed by atoms with Gasteiger partial charge in [-0.3, -0.25) is 9.48 Å². The fraction of sp³-hybridized carbons (Fsp3) is 0.214. The molecule has 0 spiro atoms. The third kappa shape index (κ3) is 3.03. The van der Waals surface area contributed by atoms with Crippen molar-refractivity contribution in [1.82, 2.24) is 9.78 Å². The van der Waals surface area contributed by atoms with E-state index in [1.807, 2.05) is 6.92 Å². The van der Waals surface area contributed by atoms with E-state index in [1.165, 1.54) is 0 Å². The molecule has 104 valence electrons. The van der Waals surface area contributed by atoms with Crippen molar-refractivity contribution in [3.05, 3.63) is 47.3 Å². The van der Waals surface area contributed by atoms with Crippen molar-refractivity contribution in [2.45, 2.75) is 13.3 Å². The van der Waals surface area contributed by atoms with Gasteiger partial charge < -0.3 is 11.1 Å². The van der Waals surface area contributed by atoms with Crippen molar-refractivity contribution in [3.63, 3.8) is 0 Å². The molecule has 5 nitrogen and oxygen atoms in total. The molecule has 0 saturated carbocycles. The standard InChI is InChI=1S/C14H16N4OS/c1-3-12-11(8-18(2)17-12)14(19)16-10-6-4-5-9(7-10)13(15)20/h4-8H,3H2,1-2H3,(H2,15,20)(H,16,19). The highest BCUT2D eigenvalue weighted by atomic mass is 32.1. The van der Waals surface area contributed by atoms with Crippen LogP contribution in [0, 0.1) is 0 Å². The second-order valence-electron chi connectivity index (χ2n) is 4.42. The molecule has 1 aromatic carbocycles. The van der Waals surface area contributed by atoms with Gasteiger partial charge in [-0.15, -0.1) is 0 Å². The average Bonchev–Trinajstić information content (AvgIpc) is 2.80. The molecular formula is C14H16N4OS. The van der Waals surface area contributed by atoms with Gasteiger partial charge >= 0.3 is 0 Å². The molecule has 1 heterocycles. The van der Waals surface area contributed by atoms with Crippen molar-refractivity contribution in [2.75, 3.05) is 5.32 Å². The number of carbonyl (C=O) groups is 1. The number of nitrogens with two attached hydrogens (primary N) is 1. The first-order valence-electron chi connectivity index (χ1n) is 6.25. The van der Waals surface area contributed by atoms with Crippen molar-refractivity contribution in [3.8, 4) is 0 Å². The molecule has 0 radical (unpaired) electrons. The number of thiocarbonyl (C=S) groups is 1. The summed E-state index contributed by atoms with van der Waals surface area (Å²) in [4.78, 5) is 12.6. The Kier molecular flexibility index (Phi) is 4.14. The van der Waals surface area contributed by atoms with Crippen molar-refractivity contribution < 1.29 is 4.79 Å². The van der Waals surface area contributed by atoms with Crippen LogP contribution in [0.1, 0.15) is 28.5 Å². The first-order valence-corrected chi connectivity index (χ1v) is 6.65. The summed E-state index contributed by atoms with van der Waals surface area (Å²) in [5.74, 6) is -0.185. The first kappa shape index (κ1) is 14.2. The topological polar surface area (TPSA) is 72.9 Å². The Hall–Kier alpha value is -2.21. The lowest BCUT2D eigenvalue weighted by molar-refractivity contribution is 0.102. The molecule has 0 aliphatic carbocycles. The summed E-state index contributed by atoms with van der Waals surface area (Å²) in [6.07, 6.45) is 2.42. The summed E-state index contributed by atoms with van der Waals surface area (Å²) in [7, 11) is 1.80. The zero-order chi connectivity index (χ0) is 14.7. The van der Waals surface area contributed by atoms with Gasteiger partial charge in [-0.25, -0.2) is 0 Å². The van der Waals surface area contributed by atoms with Crippen LogP contribution in [-0.4, -0.2) is 20.7 Å². The van der Waals surface area contributed by atoms with Crippen LogP contribution in [0.2, 0.25) is 0 Å². The molecule has 1 aromatic heterocycles. The van der Waals surface area contributed by atoms with Crippen molar-refractivity contribution >= 4 is 28.8 Å². The van der Waals surface area contributed by atoms with Crippen LogP contribution in [-0.2, 0) is 13.5 Å². The van der Waals surface area contributed by atoms with Crippen LogP contribution in [0.25, 0.3) is 0 Å². The Balaban J connectivity index is 2.23. The molecule has 0 atom stereocenters. The minimum atomic E-state index is -0.185. The van der Waals surface area contributed by atoms with Gasteiger partial charge in [-0.05, 0) is 18.6 Å². The van der Waals surface area contributed by atoms with E-state index in [0.29, 0.717) is 22.7 Å². The molecule has 0 fully saturated rings. The number of hydrogen-bond acceptors (Lipinski definition) is 3. The summed E-state index contributed by atoms with van der Waals surface area (Å²) >= 11 is 4.92. The molecule has 2 rings (SSSR count). The minimum absolute atomic E-state index is 0.185. The van der Waals surface area contributed by atoms with Crippen molar-refractivity contribution in [2.24, 2.45) is 12.8 Å². The Morgan fingerprint density at radius 3 is 2.90 bits per heavy atom. The maximum atomic E-state index is 12.3. The van der Waals surface area contributed by atoms with Gasteiger partial charge in [0.15, 0.2) is 0 Å². The normalized spacial score (nSPS) is 10.3. The molecule has 3 N–H and O–H groups in total. The number of benzene rings is 1. The lowest BCUT2D eigenvalue weighted by atomic mass is 10.1. The van der Waals surface area contributed by atoms with Gasteiger partial charge in [-0.2, -0.15) is 5.10 Å². The lowest BCUT2D eigenvalue weighted by Crippen LogP contribution is -2.14. The number of anilines is 1. The fourth-order valence-electron chi connectivity index (χ4n) is 1.93. The molecule has 0 saturated heterocycles. The summed E-state index contributed by atoms with van der Waals surface area (Å²) in [5.41, 5.74) is 8.31. The molecule has 0 aliphatic heterocycles. The van der Waals surface area contributed by atoms with Crippen LogP contribution >= 0.6 is 12.2 Å². The highest BCUT2D eigenvalue weighted by molar-refractivity contribution is 7.80. The Bertz CT molecular complexity index is 663. The number of nitrogens with zero attached hydrogens (tertiary/aromatic N) is 2. The van der Waals surface area contributed by atoms with E-state index in [2.05, 4.69) is 10.4 Å². The van der Waals surface area contributed by atoms with E-state index in [1.54, 1.807) is 42.2 Å². The average molecular weight is 288 g/mol. The number of rotatable bonds is 4. The van der Waals surface area contributed by atoms with E-state index in [4.69, 9.17) is 18.0 Å². The predicted octanol–water partition coefficient (Wildman–Crippen LogP) is 1.87. The smallest absolute Gasteiger partial charge is 0.259 e. The monoisotopic (exact) mass is 288 g/mol. The van der Waals surface area contributed by atoms with Crippen LogP contribution in [0.4, 0.5) is 5.69 Å². The number of aryl methyl sites for hydroxylation is 2. The largest absolute Gasteiger partial charge is 0.389 e. The Morgan fingerprint density at radius 2 is 2.25 bits per heavy atom. The van der Waals surface area contributed by atoms with Crippen LogP contribution in [0.5, 0.6) is 0 Å². The van der Waals surface area contributed by atoms with Gasteiger partial charge in [0.05, 0.1) is 11.3 Å². The number of hydrogen-bond donors (Lipinski definition) is 2. The number of carbonyl (C=O) groups excluding carboxylic acids is 1. The molecule has 0 aliphatic rings. The van der Waals surface area contributed by atoms with E-state index < -0.39 is 0 Å². The second-order valence-corrected chi connectivity index (χ2v) is 4.86. The van der Waals surface area contributed by atoms with Gasteiger partial charge in [0.1, 0.15) is 4.99 Å². The Labute approximate surface area is 122 Å². The zero-order valence-corrected chi connectivity index (χ0v) is 12.2. The van der Waals surface area contributed by atoms with Gasteiger partial charge in [0.2, 0.25) is 0 Å². The maximum Gasteiger partial charge on any atom is 0.259 e. The van der Waals surface area contributed by atoms with Crippen LogP contribution in [0.3, 0.4) is 0 Å². The second kappa shape index (κ2) is 5.83. The SMILES string of the molecule is CCc1nn(C)cc1C(=O)Nc1cccc(C(N)=S)c1. The fourth-order valence-corrected chi connectivity index (χ4v) is 2.06. The molecule has 1 amide bonds. The quantitative estimate of drug-likeness (QED) is 0.842. The maximum absolute atomic E-state index is 12.3. The highest BCUT2D eigenvalue weighted by Gasteiger charge is 2.14. The van der Waals surface area contributed by atoms with E-state index in [-0.39, 0.29) is 5.91 Å². The number of amides is 1. The Morgan fingerprint density at radius 1 is 1.50 bits per heavy atom. The van der Waals surface area contributed by atoms with Crippen LogP contribution in [0.15, 0.2) is 30.5 Å². The third-order valence-corrected chi connectivity index (χ3v) is 3.13. The van der Waals surface area contributed by atoms with Crippen LogP contribution < -0.4 is 11.1 Å². The highest BCUT2D eigenvalue weighted by Crippen LogP contribution is 2.14. The molecule has 6 heteroatoms. The van der Waals surface area contributed by atoms with Gasteiger partial charge in [0, 0.05) is 24.5 Å². The third-order valence-electron chi connectivity index (χ3n) is 2.89. The molecule has 20 heavy (non-hydrogen) atoms. The minimum Gasteiger partial charge on any atom is -0.389 e. The van der Waals surface area contributed by atoms with Crippen molar-refractivity contribution in [1.29, 1.82) is 0 Å². The van der Waals surface area contributed by atoms with E-state index in [0.717, 1.165) is 11.3 Å². The predicted molar refractivity (Wildman–Crippen MR) is 82.9 cm³/mol. The van der Waals surface area contributed by atoms with Gasteiger partial charge in [-0.1, -0.05) is 31.3 Å². The summed E-state index contributed by atoms with van der Waals surface area (Å²) in [6, 6.07) is 7.15. The first-order chi connectivity index (χ1) is 9.51. The molecule has 0 unspecified atom stereocenters.